The van der Waals surface area contributed by atoms with Crippen molar-refractivity contribution in [3.63, 3.8) is 0 Å². The minimum Gasteiger partial charge on any atom is -0.324 e. The van der Waals surface area contributed by atoms with E-state index in [1.807, 2.05) is 36.4 Å². The van der Waals surface area contributed by atoms with Gasteiger partial charge in [-0.25, -0.2) is 0 Å². The van der Waals surface area contributed by atoms with Gasteiger partial charge in [0.1, 0.15) is 6.54 Å². The van der Waals surface area contributed by atoms with Crippen LogP contribution >= 0.6 is 11.6 Å². The molecule has 6 nitrogen and oxygen atoms in total. The van der Waals surface area contributed by atoms with Crippen molar-refractivity contribution in [2.24, 2.45) is 0 Å². The summed E-state index contributed by atoms with van der Waals surface area (Å²) < 4.78 is 2.39. The lowest BCUT2D eigenvalue weighted by molar-refractivity contribution is -0.116. The van der Waals surface area contributed by atoms with Crippen LogP contribution in [0.5, 0.6) is 0 Å². The highest BCUT2D eigenvalue weighted by molar-refractivity contribution is 6.30. The van der Waals surface area contributed by atoms with Crippen molar-refractivity contribution in [3.05, 3.63) is 105 Å². The highest BCUT2D eigenvalue weighted by atomic mass is 35.5. The van der Waals surface area contributed by atoms with Gasteiger partial charge < -0.3 is 5.32 Å². The predicted octanol–water partition coefficient (Wildman–Crippen LogP) is 3.44. The fraction of sp³-hybridized carbons (Fsp3) is 0.0455. The van der Waals surface area contributed by atoms with Crippen molar-refractivity contribution >= 4 is 34.0 Å². The second-order valence-electron chi connectivity index (χ2n) is 6.46. The highest BCUT2D eigenvalue weighted by Gasteiger charge is 2.12. The van der Waals surface area contributed by atoms with Gasteiger partial charge in [-0.3, -0.25) is 23.5 Å². The zero-order valence-corrected chi connectivity index (χ0v) is 16.0. The molecule has 0 aliphatic carbocycles. The molecule has 4 aromatic rings. The molecule has 0 atom stereocenters. The van der Waals surface area contributed by atoms with Gasteiger partial charge >= 0.3 is 11.1 Å². The number of nitrogens with one attached hydrogen (secondary N) is 1. The highest BCUT2D eigenvalue weighted by Crippen LogP contribution is 2.20. The van der Waals surface area contributed by atoms with Crippen LogP contribution in [0.1, 0.15) is 0 Å². The number of nitrogens with zero attached hydrogens (tertiary/aromatic N) is 2. The van der Waals surface area contributed by atoms with Gasteiger partial charge in [-0.2, -0.15) is 0 Å². The Morgan fingerprint density at radius 1 is 0.897 bits per heavy atom. The molecule has 3 aromatic carbocycles. The summed E-state index contributed by atoms with van der Waals surface area (Å²) in [4.78, 5) is 37.5. The standard InChI is InChI=1S/C22H16ClN3O3/c23-16-7-4-8-17(13-16)24-20(27)14-25-11-12-26(22(29)21(25)28)19-10-3-6-15-5-1-2-9-18(15)19/h1-13H,14H2,(H,24,27). The smallest absolute Gasteiger partial charge is 0.321 e. The molecule has 0 bridgehead atoms. The molecular weight excluding hydrogens is 390 g/mol. The Labute approximate surface area is 170 Å². The first kappa shape index (κ1) is 18.7. The van der Waals surface area contributed by atoms with Crippen LogP contribution in [0.25, 0.3) is 16.5 Å². The van der Waals surface area contributed by atoms with Crippen LogP contribution in [-0.4, -0.2) is 15.0 Å². The van der Waals surface area contributed by atoms with Gasteiger partial charge in [-0.05, 0) is 29.7 Å². The van der Waals surface area contributed by atoms with Gasteiger partial charge in [0.25, 0.3) is 0 Å². The number of halogens is 1. The van der Waals surface area contributed by atoms with Crippen molar-refractivity contribution in [1.29, 1.82) is 0 Å². The molecule has 144 valence electrons. The van der Waals surface area contributed by atoms with Crippen LogP contribution < -0.4 is 16.4 Å². The van der Waals surface area contributed by atoms with Crippen LogP contribution in [-0.2, 0) is 11.3 Å². The first-order chi connectivity index (χ1) is 14.0. The normalized spacial score (nSPS) is 10.8. The molecule has 0 fully saturated rings. The third-order valence-electron chi connectivity index (χ3n) is 4.51. The molecule has 1 N–H and O–H groups in total. The van der Waals surface area contributed by atoms with E-state index in [1.54, 1.807) is 30.3 Å². The van der Waals surface area contributed by atoms with Gasteiger partial charge in [0.05, 0.1) is 5.69 Å². The summed E-state index contributed by atoms with van der Waals surface area (Å²) in [6.45, 7) is -0.281. The van der Waals surface area contributed by atoms with Crippen LogP contribution in [0.15, 0.2) is 88.7 Å². The maximum absolute atomic E-state index is 12.7. The van der Waals surface area contributed by atoms with Crippen molar-refractivity contribution in [2.75, 3.05) is 5.32 Å². The molecule has 1 amide bonds. The summed E-state index contributed by atoms with van der Waals surface area (Å²) in [5.41, 5.74) is -0.374. The number of amides is 1. The summed E-state index contributed by atoms with van der Waals surface area (Å²) in [5.74, 6) is -0.434. The quantitative estimate of drug-likeness (QED) is 0.528. The fourth-order valence-electron chi connectivity index (χ4n) is 3.16. The second kappa shape index (κ2) is 7.77. The number of carbonyl (C=O) groups excluding carboxylic acids is 1. The van der Waals surface area contributed by atoms with E-state index in [9.17, 15) is 14.4 Å². The molecule has 29 heavy (non-hydrogen) atoms. The largest absolute Gasteiger partial charge is 0.324 e. The van der Waals surface area contributed by atoms with E-state index in [2.05, 4.69) is 5.32 Å². The van der Waals surface area contributed by atoms with E-state index in [0.29, 0.717) is 16.4 Å². The Morgan fingerprint density at radius 3 is 2.48 bits per heavy atom. The molecule has 0 spiro atoms. The van der Waals surface area contributed by atoms with E-state index in [0.717, 1.165) is 15.3 Å². The van der Waals surface area contributed by atoms with E-state index in [1.165, 1.54) is 17.0 Å². The van der Waals surface area contributed by atoms with Gasteiger partial charge in [0, 0.05) is 28.5 Å². The zero-order valence-electron chi connectivity index (χ0n) is 15.2. The zero-order chi connectivity index (χ0) is 20.4. The average Bonchev–Trinajstić information content (AvgIpc) is 2.71. The molecule has 0 unspecified atom stereocenters. The number of anilines is 1. The van der Waals surface area contributed by atoms with Crippen molar-refractivity contribution in [1.82, 2.24) is 9.13 Å². The first-order valence-corrected chi connectivity index (χ1v) is 9.26. The molecule has 0 saturated carbocycles. The Morgan fingerprint density at radius 2 is 1.66 bits per heavy atom. The minimum absolute atomic E-state index is 0.281. The Bertz CT molecular complexity index is 1340. The number of benzene rings is 3. The molecule has 7 heteroatoms. The Balaban J connectivity index is 1.65. The van der Waals surface area contributed by atoms with Gasteiger partial charge in [0.2, 0.25) is 5.91 Å². The second-order valence-corrected chi connectivity index (χ2v) is 6.90. The van der Waals surface area contributed by atoms with Crippen LogP contribution in [0.2, 0.25) is 5.02 Å². The van der Waals surface area contributed by atoms with Gasteiger partial charge in [0.15, 0.2) is 0 Å². The average molecular weight is 406 g/mol. The number of fused-ring (bicyclic) bond motifs is 1. The molecule has 1 heterocycles. The SMILES string of the molecule is O=C(Cn1ccn(-c2cccc3ccccc23)c(=O)c1=O)Nc1cccc(Cl)c1. The molecule has 0 radical (unpaired) electrons. The summed E-state index contributed by atoms with van der Waals surface area (Å²) >= 11 is 5.90. The van der Waals surface area contributed by atoms with Crippen molar-refractivity contribution in [3.8, 4) is 5.69 Å². The number of carbonyl (C=O) groups is 1. The maximum atomic E-state index is 12.7. The van der Waals surface area contributed by atoms with E-state index < -0.39 is 17.0 Å². The van der Waals surface area contributed by atoms with E-state index in [-0.39, 0.29) is 6.54 Å². The molecule has 0 aliphatic rings. The topological polar surface area (TPSA) is 73.1 Å². The van der Waals surface area contributed by atoms with Crippen LogP contribution in [0, 0.1) is 0 Å². The molecule has 4 rings (SSSR count). The Hall–Kier alpha value is -3.64. The summed E-state index contributed by atoms with van der Waals surface area (Å²) in [6, 6.07) is 19.8. The molecule has 0 aliphatic heterocycles. The van der Waals surface area contributed by atoms with Crippen LogP contribution in [0.4, 0.5) is 5.69 Å². The lowest BCUT2D eigenvalue weighted by atomic mass is 10.1. The molecular formula is C22H16ClN3O3. The maximum Gasteiger partial charge on any atom is 0.321 e. The van der Waals surface area contributed by atoms with E-state index >= 15 is 0 Å². The monoisotopic (exact) mass is 405 g/mol. The number of hydrogen-bond acceptors (Lipinski definition) is 3. The lowest BCUT2D eigenvalue weighted by Crippen LogP contribution is -2.41. The third-order valence-corrected chi connectivity index (χ3v) is 4.74. The summed E-state index contributed by atoms with van der Waals surface area (Å²) in [7, 11) is 0. The lowest BCUT2D eigenvalue weighted by Gasteiger charge is -2.11. The van der Waals surface area contributed by atoms with E-state index in [4.69, 9.17) is 11.6 Å². The summed E-state index contributed by atoms with van der Waals surface area (Å²) in [6.07, 6.45) is 2.93. The minimum atomic E-state index is -0.776. The van der Waals surface area contributed by atoms with Crippen molar-refractivity contribution < 1.29 is 4.79 Å². The van der Waals surface area contributed by atoms with Crippen LogP contribution in [0.3, 0.4) is 0 Å². The van der Waals surface area contributed by atoms with Gasteiger partial charge in [-0.1, -0.05) is 54.1 Å². The fourth-order valence-corrected chi connectivity index (χ4v) is 3.35. The predicted molar refractivity (Wildman–Crippen MR) is 114 cm³/mol. The third kappa shape index (κ3) is 3.83. The van der Waals surface area contributed by atoms with Gasteiger partial charge in [-0.15, -0.1) is 0 Å². The number of hydrogen-bond donors (Lipinski definition) is 1. The number of rotatable bonds is 4. The molecule has 1 aromatic heterocycles. The number of aromatic nitrogens is 2. The first-order valence-electron chi connectivity index (χ1n) is 8.88. The molecule has 0 saturated heterocycles. The van der Waals surface area contributed by atoms with Crippen molar-refractivity contribution in [2.45, 2.75) is 6.54 Å². The summed E-state index contributed by atoms with van der Waals surface area (Å²) in [5, 5.41) is 4.96. The Kier molecular flexibility index (Phi) is 5.01.